The minimum Gasteiger partial charge on any atom is -0.384 e. The molecule has 0 aliphatic heterocycles. The Bertz CT molecular complexity index is 793. The SMILES string of the molecule is O=S(=O)(Nc1cccc(C#CCO)n1)c1ccc(Cl)cc1. The van der Waals surface area contributed by atoms with Gasteiger partial charge in [0, 0.05) is 5.02 Å². The van der Waals surface area contributed by atoms with E-state index in [0.29, 0.717) is 10.7 Å². The lowest BCUT2D eigenvalue weighted by molar-refractivity contribution is 0.350. The molecule has 0 spiro atoms. The number of rotatable bonds is 3. The summed E-state index contributed by atoms with van der Waals surface area (Å²) in [6, 6.07) is 10.5. The molecule has 0 fully saturated rings. The van der Waals surface area contributed by atoms with Crippen LogP contribution in [0, 0.1) is 11.8 Å². The van der Waals surface area contributed by atoms with Crippen LogP contribution in [-0.4, -0.2) is 25.1 Å². The van der Waals surface area contributed by atoms with Gasteiger partial charge in [-0.2, -0.15) is 0 Å². The van der Waals surface area contributed by atoms with Gasteiger partial charge in [0.2, 0.25) is 0 Å². The average molecular weight is 323 g/mol. The Labute approximate surface area is 127 Å². The molecule has 0 atom stereocenters. The summed E-state index contributed by atoms with van der Waals surface area (Å²) in [6.45, 7) is -0.289. The van der Waals surface area contributed by atoms with Gasteiger partial charge in [-0.05, 0) is 42.3 Å². The average Bonchev–Trinajstić information content (AvgIpc) is 2.45. The van der Waals surface area contributed by atoms with Crippen molar-refractivity contribution in [3.63, 3.8) is 0 Å². The van der Waals surface area contributed by atoms with Crippen molar-refractivity contribution in [1.82, 2.24) is 4.98 Å². The van der Waals surface area contributed by atoms with Crippen LogP contribution in [0.25, 0.3) is 0 Å². The molecule has 7 heteroatoms. The molecule has 2 rings (SSSR count). The standard InChI is InChI=1S/C14H11ClN2O3S/c15-11-6-8-13(9-7-11)21(19,20)17-14-5-1-3-12(16-14)4-2-10-18/h1,3,5-9,18H,10H2,(H,16,17). The Balaban J connectivity index is 2.26. The highest BCUT2D eigenvalue weighted by molar-refractivity contribution is 7.92. The van der Waals surface area contributed by atoms with Crippen molar-refractivity contribution < 1.29 is 13.5 Å². The summed E-state index contributed by atoms with van der Waals surface area (Å²) in [5.41, 5.74) is 0.361. The summed E-state index contributed by atoms with van der Waals surface area (Å²) < 4.78 is 26.7. The highest BCUT2D eigenvalue weighted by Gasteiger charge is 2.14. The molecule has 108 valence electrons. The normalized spacial score (nSPS) is 10.6. The fourth-order valence-electron chi connectivity index (χ4n) is 1.50. The molecule has 0 unspecified atom stereocenters. The van der Waals surface area contributed by atoms with E-state index < -0.39 is 10.0 Å². The van der Waals surface area contributed by atoms with Crippen LogP contribution in [0.4, 0.5) is 5.82 Å². The molecule has 5 nitrogen and oxygen atoms in total. The molecule has 2 aromatic rings. The van der Waals surface area contributed by atoms with E-state index in [-0.39, 0.29) is 17.3 Å². The lowest BCUT2D eigenvalue weighted by atomic mass is 10.3. The number of halogens is 1. The highest BCUT2D eigenvalue weighted by atomic mass is 35.5. The summed E-state index contributed by atoms with van der Waals surface area (Å²) in [6.07, 6.45) is 0. The third kappa shape index (κ3) is 4.20. The predicted molar refractivity (Wildman–Crippen MR) is 80.5 cm³/mol. The first-order valence-electron chi connectivity index (χ1n) is 5.86. The maximum atomic E-state index is 12.2. The monoisotopic (exact) mass is 322 g/mol. The fourth-order valence-corrected chi connectivity index (χ4v) is 2.63. The minimum atomic E-state index is -3.74. The number of aliphatic hydroxyl groups is 1. The van der Waals surface area contributed by atoms with E-state index >= 15 is 0 Å². The number of nitrogens with zero attached hydrogens (tertiary/aromatic N) is 1. The van der Waals surface area contributed by atoms with E-state index in [0.717, 1.165) is 0 Å². The summed E-state index contributed by atoms with van der Waals surface area (Å²) in [5, 5.41) is 9.08. The molecule has 0 saturated heterocycles. The number of pyridine rings is 1. The van der Waals surface area contributed by atoms with Crippen molar-refractivity contribution >= 4 is 27.4 Å². The van der Waals surface area contributed by atoms with Crippen LogP contribution in [0.3, 0.4) is 0 Å². The second-order valence-corrected chi connectivity index (χ2v) is 6.05. The number of sulfonamides is 1. The summed E-state index contributed by atoms with van der Waals surface area (Å²) in [5.74, 6) is 5.20. The Morgan fingerprint density at radius 3 is 2.57 bits per heavy atom. The first-order valence-corrected chi connectivity index (χ1v) is 7.72. The van der Waals surface area contributed by atoms with Gasteiger partial charge in [0.1, 0.15) is 18.1 Å². The van der Waals surface area contributed by atoms with Gasteiger partial charge in [0.25, 0.3) is 10.0 Å². The molecular weight excluding hydrogens is 312 g/mol. The zero-order valence-electron chi connectivity index (χ0n) is 10.7. The maximum Gasteiger partial charge on any atom is 0.263 e. The zero-order valence-corrected chi connectivity index (χ0v) is 12.3. The van der Waals surface area contributed by atoms with Crippen LogP contribution in [-0.2, 0) is 10.0 Å². The Hall–Kier alpha value is -2.07. The summed E-state index contributed by atoms with van der Waals surface area (Å²) in [7, 11) is -3.74. The molecule has 0 saturated carbocycles. The molecule has 1 aromatic carbocycles. The van der Waals surface area contributed by atoms with Crippen molar-refractivity contribution in [3.8, 4) is 11.8 Å². The van der Waals surface area contributed by atoms with E-state index in [1.807, 2.05) is 0 Å². The van der Waals surface area contributed by atoms with Gasteiger partial charge in [-0.1, -0.05) is 23.6 Å². The molecule has 1 heterocycles. The van der Waals surface area contributed by atoms with Gasteiger partial charge >= 0.3 is 0 Å². The van der Waals surface area contributed by atoms with Crippen LogP contribution in [0.1, 0.15) is 5.69 Å². The van der Waals surface area contributed by atoms with Crippen LogP contribution < -0.4 is 4.72 Å². The third-order valence-corrected chi connectivity index (χ3v) is 4.03. The van der Waals surface area contributed by atoms with Crippen molar-refractivity contribution in [2.24, 2.45) is 0 Å². The highest BCUT2D eigenvalue weighted by Crippen LogP contribution is 2.17. The van der Waals surface area contributed by atoms with E-state index in [2.05, 4.69) is 21.5 Å². The van der Waals surface area contributed by atoms with Gasteiger partial charge in [-0.3, -0.25) is 4.72 Å². The molecule has 0 radical (unpaired) electrons. The molecule has 0 amide bonds. The van der Waals surface area contributed by atoms with E-state index in [4.69, 9.17) is 16.7 Å². The van der Waals surface area contributed by atoms with Gasteiger partial charge in [-0.15, -0.1) is 0 Å². The first-order chi connectivity index (χ1) is 10.0. The number of hydrogen-bond donors (Lipinski definition) is 2. The smallest absolute Gasteiger partial charge is 0.263 e. The summed E-state index contributed by atoms with van der Waals surface area (Å²) in [4.78, 5) is 4.12. The third-order valence-electron chi connectivity index (χ3n) is 2.41. The second-order valence-electron chi connectivity index (χ2n) is 3.93. The molecule has 0 aliphatic rings. The van der Waals surface area contributed by atoms with Crippen LogP contribution in [0.2, 0.25) is 5.02 Å². The Kier molecular flexibility index (Phi) is 4.81. The number of anilines is 1. The molecule has 21 heavy (non-hydrogen) atoms. The first kappa shape index (κ1) is 15.3. The molecule has 1 aromatic heterocycles. The zero-order chi connectivity index (χ0) is 15.3. The van der Waals surface area contributed by atoms with Gasteiger partial charge < -0.3 is 5.11 Å². The van der Waals surface area contributed by atoms with E-state index in [1.165, 1.54) is 30.3 Å². The maximum absolute atomic E-state index is 12.2. The van der Waals surface area contributed by atoms with Crippen LogP contribution >= 0.6 is 11.6 Å². The van der Waals surface area contributed by atoms with Gasteiger partial charge in [-0.25, -0.2) is 13.4 Å². The van der Waals surface area contributed by atoms with Crippen LogP contribution in [0.15, 0.2) is 47.4 Å². The van der Waals surface area contributed by atoms with Gasteiger partial charge in [0.15, 0.2) is 0 Å². The van der Waals surface area contributed by atoms with Crippen molar-refractivity contribution in [2.75, 3.05) is 11.3 Å². The quantitative estimate of drug-likeness (QED) is 0.846. The van der Waals surface area contributed by atoms with Crippen LogP contribution in [0.5, 0.6) is 0 Å². The van der Waals surface area contributed by atoms with Crippen molar-refractivity contribution in [2.45, 2.75) is 4.90 Å². The Morgan fingerprint density at radius 1 is 1.19 bits per heavy atom. The molecular formula is C14H11ClN2O3S. The minimum absolute atomic E-state index is 0.0838. The molecule has 0 aliphatic carbocycles. The lowest BCUT2D eigenvalue weighted by Crippen LogP contribution is -2.14. The Morgan fingerprint density at radius 2 is 1.90 bits per heavy atom. The number of nitrogens with one attached hydrogen (secondary N) is 1. The second kappa shape index (κ2) is 6.59. The largest absolute Gasteiger partial charge is 0.384 e. The molecule has 2 N–H and O–H groups in total. The number of hydrogen-bond acceptors (Lipinski definition) is 4. The number of aromatic nitrogens is 1. The lowest BCUT2D eigenvalue weighted by Gasteiger charge is -2.07. The predicted octanol–water partition coefficient (Wildman–Crippen LogP) is 1.88. The van der Waals surface area contributed by atoms with Crippen molar-refractivity contribution in [1.29, 1.82) is 0 Å². The van der Waals surface area contributed by atoms with Crippen molar-refractivity contribution in [3.05, 3.63) is 53.2 Å². The number of aliphatic hydroxyl groups excluding tert-OH is 1. The molecule has 0 bridgehead atoms. The van der Waals surface area contributed by atoms with E-state index in [9.17, 15) is 8.42 Å². The van der Waals surface area contributed by atoms with E-state index in [1.54, 1.807) is 12.1 Å². The summed E-state index contributed by atoms with van der Waals surface area (Å²) >= 11 is 5.73. The fraction of sp³-hybridized carbons (Fsp3) is 0.0714. The number of benzene rings is 1. The topological polar surface area (TPSA) is 79.3 Å². The van der Waals surface area contributed by atoms with Gasteiger partial charge in [0.05, 0.1) is 4.90 Å².